The van der Waals surface area contributed by atoms with Crippen LogP contribution in [-0.4, -0.2) is 35.1 Å². The van der Waals surface area contributed by atoms with Crippen LogP contribution in [0.5, 0.6) is 0 Å². The summed E-state index contributed by atoms with van der Waals surface area (Å²) in [7, 11) is 0. The number of nitrogens with zero attached hydrogens (tertiary/aromatic N) is 3. The van der Waals surface area contributed by atoms with Crippen molar-refractivity contribution in [3.05, 3.63) is 53.5 Å². The van der Waals surface area contributed by atoms with Crippen molar-refractivity contribution in [2.24, 2.45) is 0 Å². The number of aryl methyl sites for hydroxylation is 1. The third kappa shape index (κ3) is 3.69. The number of anilines is 1. The summed E-state index contributed by atoms with van der Waals surface area (Å²) in [5, 5.41) is 3.92. The SMILES string of the molecule is CCCc1cncnc1N1CCC(NC2Cc3ccccc3C2)CC1. The zero-order valence-corrected chi connectivity index (χ0v) is 15.1. The van der Waals surface area contributed by atoms with E-state index < -0.39 is 0 Å². The Kier molecular flexibility index (Phi) is 4.97. The van der Waals surface area contributed by atoms with E-state index in [-0.39, 0.29) is 0 Å². The normalized spacial score (nSPS) is 18.5. The molecule has 0 atom stereocenters. The lowest BCUT2D eigenvalue weighted by atomic mass is 10.0. The van der Waals surface area contributed by atoms with Crippen LogP contribution in [0, 0.1) is 0 Å². The van der Waals surface area contributed by atoms with Gasteiger partial charge in [-0.25, -0.2) is 9.97 Å². The zero-order chi connectivity index (χ0) is 17.1. The molecule has 0 amide bonds. The van der Waals surface area contributed by atoms with Crippen molar-refractivity contribution in [2.75, 3.05) is 18.0 Å². The van der Waals surface area contributed by atoms with Crippen LogP contribution in [-0.2, 0) is 19.3 Å². The van der Waals surface area contributed by atoms with Crippen LogP contribution >= 0.6 is 0 Å². The molecule has 0 radical (unpaired) electrons. The van der Waals surface area contributed by atoms with Crippen LogP contribution < -0.4 is 10.2 Å². The molecule has 132 valence electrons. The molecule has 1 fully saturated rings. The topological polar surface area (TPSA) is 41.1 Å². The highest BCUT2D eigenvalue weighted by Crippen LogP contribution is 2.25. The maximum absolute atomic E-state index is 4.57. The lowest BCUT2D eigenvalue weighted by Crippen LogP contribution is -2.47. The fraction of sp³-hybridized carbons (Fsp3) is 0.524. The van der Waals surface area contributed by atoms with Gasteiger partial charge in [0.25, 0.3) is 0 Å². The van der Waals surface area contributed by atoms with Crippen molar-refractivity contribution in [2.45, 2.75) is 57.5 Å². The van der Waals surface area contributed by atoms with Gasteiger partial charge in [0.1, 0.15) is 12.1 Å². The number of hydrogen-bond donors (Lipinski definition) is 1. The number of aromatic nitrogens is 2. The maximum Gasteiger partial charge on any atom is 0.135 e. The molecule has 1 aromatic heterocycles. The first-order valence-electron chi connectivity index (χ1n) is 9.70. The minimum Gasteiger partial charge on any atom is -0.356 e. The molecule has 0 bridgehead atoms. The molecule has 0 spiro atoms. The highest BCUT2D eigenvalue weighted by molar-refractivity contribution is 5.46. The fourth-order valence-electron chi connectivity index (χ4n) is 4.35. The summed E-state index contributed by atoms with van der Waals surface area (Å²) >= 11 is 0. The van der Waals surface area contributed by atoms with E-state index >= 15 is 0 Å². The molecule has 4 nitrogen and oxygen atoms in total. The molecule has 2 heterocycles. The number of nitrogens with one attached hydrogen (secondary N) is 1. The number of hydrogen-bond acceptors (Lipinski definition) is 4. The Bertz CT molecular complexity index is 682. The molecule has 2 aromatic rings. The van der Waals surface area contributed by atoms with Gasteiger partial charge in [0, 0.05) is 36.9 Å². The van der Waals surface area contributed by atoms with Gasteiger partial charge in [-0.1, -0.05) is 37.6 Å². The van der Waals surface area contributed by atoms with Gasteiger partial charge in [0.05, 0.1) is 0 Å². The Morgan fingerprint density at radius 2 is 1.80 bits per heavy atom. The summed E-state index contributed by atoms with van der Waals surface area (Å²) in [6.45, 7) is 4.39. The summed E-state index contributed by atoms with van der Waals surface area (Å²) < 4.78 is 0. The molecule has 1 aliphatic heterocycles. The van der Waals surface area contributed by atoms with E-state index in [0.717, 1.165) is 31.7 Å². The minimum atomic E-state index is 0.614. The van der Waals surface area contributed by atoms with Gasteiger partial charge in [-0.15, -0.1) is 0 Å². The molecular weight excluding hydrogens is 308 g/mol. The van der Waals surface area contributed by atoms with Crippen molar-refractivity contribution >= 4 is 5.82 Å². The van der Waals surface area contributed by atoms with Crippen molar-refractivity contribution in [3.8, 4) is 0 Å². The minimum absolute atomic E-state index is 0.614. The first-order chi connectivity index (χ1) is 12.3. The predicted octanol–water partition coefficient (Wildman–Crippen LogP) is 3.15. The van der Waals surface area contributed by atoms with Crippen LogP contribution in [0.3, 0.4) is 0 Å². The summed E-state index contributed by atoms with van der Waals surface area (Å²) in [4.78, 5) is 11.2. The van der Waals surface area contributed by atoms with Crippen LogP contribution in [0.1, 0.15) is 42.9 Å². The molecule has 2 aliphatic rings. The molecular formula is C21H28N4. The van der Waals surface area contributed by atoms with Gasteiger partial charge in [-0.3, -0.25) is 0 Å². The molecule has 1 saturated heterocycles. The van der Waals surface area contributed by atoms with Crippen LogP contribution in [0.4, 0.5) is 5.82 Å². The number of rotatable bonds is 5. The van der Waals surface area contributed by atoms with Gasteiger partial charge < -0.3 is 10.2 Å². The quantitative estimate of drug-likeness (QED) is 0.911. The monoisotopic (exact) mass is 336 g/mol. The van der Waals surface area contributed by atoms with E-state index in [9.17, 15) is 0 Å². The summed E-state index contributed by atoms with van der Waals surface area (Å²) in [6.07, 6.45) is 10.6. The van der Waals surface area contributed by atoms with Crippen LogP contribution in [0.15, 0.2) is 36.8 Å². The fourth-order valence-corrected chi connectivity index (χ4v) is 4.35. The third-order valence-corrected chi connectivity index (χ3v) is 5.60. The van der Waals surface area contributed by atoms with Gasteiger partial charge in [0.2, 0.25) is 0 Å². The number of fused-ring (bicyclic) bond motifs is 1. The van der Waals surface area contributed by atoms with Crippen molar-refractivity contribution in [3.63, 3.8) is 0 Å². The molecule has 1 aromatic carbocycles. The highest BCUT2D eigenvalue weighted by Gasteiger charge is 2.26. The van der Waals surface area contributed by atoms with Gasteiger partial charge in [0.15, 0.2) is 0 Å². The Labute approximate surface area is 150 Å². The molecule has 0 unspecified atom stereocenters. The standard InChI is InChI=1S/C21H28N4/c1-2-5-18-14-22-15-23-21(18)25-10-8-19(9-11-25)24-20-12-16-6-3-4-7-17(16)13-20/h3-4,6-7,14-15,19-20,24H,2,5,8-13H2,1H3. The number of benzene rings is 1. The van der Waals surface area contributed by atoms with E-state index in [2.05, 4.69) is 51.4 Å². The van der Waals surface area contributed by atoms with Gasteiger partial charge in [-0.2, -0.15) is 0 Å². The first kappa shape index (κ1) is 16.5. The van der Waals surface area contributed by atoms with Gasteiger partial charge >= 0.3 is 0 Å². The molecule has 25 heavy (non-hydrogen) atoms. The zero-order valence-electron chi connectivity index (χ0n) is 15.1. The molecule has 4 rings (SSSR count). The largest absolute Gasteiger partial charge is 0.356 e. The summed E-state index contributed by atoms with van der Waals surface area (Å²) in [6, 6.07) is 10.1. The second kappa shape index (κ2) is 7.52. The lowest BCUT2D eigenvalue weighted by molar-refractivity contribution is 0.369. The highest BCUT2D eigenvalue weighted by atomic mass is 15.2. The average Bonchev–Trinajstić information content (AvgIpc) is 3.05. The van der Waals surface area contributed by atoms with Crippen molar-refractivity contribution in [1.29, 1.82) is 0 Å². The number of piperidine rings is 1. The Hall–Kier alpha value is -1.94. The first-order valence-corrected chi connectivity index (χ1v) is 9.70. The lowest BCUT2D eigenvalue weighted by Gasteiger charge is -2.35. The van der Waals surface area contributed by atoms with Crippen molar-refractivity contribution in [1.82, 2.24) is 15.3 Å². The van der Waals surface area contributed by atoms with E-state index in [4.69, 9.17) is 0 Å². The second-order valence-corrected chi connectivity index (χ2v) is 7.42. The predicted molar refractivity (Wildman–Crippen MR) is 102 cm³/mol. The molecule has 0 saturated carbocycles. The molecule has 1 N–H and O–H groups in total. The van der Waals surface area contributed by atoms with Crippen molar-refractivity contribution < 1.29 is 0 Å². The smallest absolute Gasteiger partial charge is 0.135 e. The van der Waals surface area contributed by atoms with Crippen LogP contribution in [0.25, 0.3) is 0 Å². The summed E-state index contributed by atoms with van der Waals surface area (Å²) in [5.41, 5.74) is 4.35. The van der Waals surface area contributed by atoms with Gasteiger partial charge in [-0.05, 0) is 43.2 Å². The van der Waals surface area contributed by atoms with E-state index in [1.54, 1.807) is 6.33 Å². The maximum atomic E-state index is 4.57. The molecule has 1 aliphatic carbocycles. The third-order valence-electron chi connectivity index (χ3n) is 5.60. The Balaban J connectivity index is 1.32. The average molecular weight is 336 g/mol. The van der Waals surface area contributed by atoms with E-state index in [1.807, 2.05) is 6.20 Å². The van der Waals surface area contributed by atoms with E-state index in [1.165, 1.54) is 42.4 Å². The van der Waals surface area contributed by atoms with Crippen LogP contribution in [0.2, 0.25) is 0 Å². The summed E-state index contributed by atoms with van der Waals surface area (Å²) in [5.74, 6) is 1.16. The molecule has 4 heteroatoms. The second-order valence-electron chi connectivity index (χ2n) is 7.42. The van der Waals surface area contributed by atoms with E-state index in [0.29, 0.717) is 12.1 Å². The Morgan fingerprint density at radius 3 is 2.48 bits per heavy atom. The Morgan fingerprint density at radius 1 is 1.08 bits per heavy atom.